The van der Waals surface area contributed by atoms with Crippen molar-refractivity contribution in [3.05, 3.63) is 219 Å². The van der Waals surface area contributed by atoms with Crippen molar-refractivity contribution in [1.29, 1.82) is 0 Å². The summed E-state index contributed by atoms with van der Waals surface area (Å²) < 4.78 is 45.6. The van der Waals surface area contributed by atoms with E-state index in [-0.39, 0.29) is 71.3 Å². The molecule has 8 rings (SSSR count). The molecule has 23 nitrogen and oxygen atoms in total. The number of esters is 2. The van der Waals surface area contributed by atoms with Gasteiger partial charge in [-0.2, -0.15) is 0 Å². The maximum atomic E-state index is 13.7. The Kier molecular flexibility index (Phi) is 30.0. The number of unbranched alkanes of at least 4 members (excludes halogenated alkanes) is 1. The number of hydrogen-bond donors (Lipinski definition) is 7. The molecular weight excluding hydrogens is 1340 g/mol. The number of rotatable bonds is 33. The minimum absolute atomic E-state index is 0.190. The van der Waals surface area contributed by atoms with Gasteiger partial charge in [0, 0.05) is 34.4 Å². The summed E-state index contributed by atoms with van der Waals surface area (Å²) >= 11 is 0. The van der Waals surface area contributed by atoms with Gasteiger partial charge in [0.25, 0.3) is 35.3 Å². The van der Waals surface area contributed by atoms with Gasteiger partial charge in [0.05, 0.1) is 73.6 Å². The van der Waals surface area contributed by atoms with Gasteiger partial charge in [-0.1, -0.05) is 100 Å². The van der Waals surface area contributed by atoms with Crippen LogP contribution < -0.4 is 65.9 Å². The number of amides is 5. The molecule has 7 N–H and O–H groups in total. The van der Waals surface area contributed by atoms with Crippen LogP contribution >= 0.6 is 0 Å². The van der Waals surface area contributed by atoms with Crippen LogP contribution in [-0.2, 0) is 32.3 Å². The molecule has 0 spiro atoms. The SMILES string of the molecule is CCC(C)Oc1cc(C(=O)Nc2ccc(C(=O)OC)cc2OCC(C)C)ccc1NC(=O)c1ccc(NNCC(=O)C(=O)OC(C)(C)C)c(OC)c1.CCCCNC(=O)c1ccc(NC(=O)c2ccc(NC(=O)c3ccc(C)c(OCc4ccccc4)c3)c(OC(C)C)c2)c(OCc2ccc(C)cc2)c1. The Morgan fingerprint density at radius 1 is 0.467 bits per heavy atom. The molecule has 8 aromatic rings. The molecule has 5 amide bonds. The second-order valence-corrected chi connectivity index (χ2v) is 26.3. The van der Waals surface area contributed by atoms with Gasteiger partial charge >= 0.3 is 11.9 Å². The molecule has 0 heterocycles. The smallest absolute Gasteiger partial charge is 0.376 e. The van der Waals surface area contributed by atoms with E-state index < -0.39 is 41.0 Å². The van der Waals surface area contributed by atoms with E-state index >= 15 is 0 Å². The maximum absolute atomic E-state index is 13.7. The van der Waals surface area contributed by atoms with E-state index in [1.54, 1.807) is 99.6 Å². The number of ether oxygens (including phenoxy) is 8. The van der Waals surface area contributed by atoms with Gasteiger partial charge in [0.15, 0.2) is 0 Å². The molecule has 1 atom stereocenters. The molecular formula is C82H95N7O16. The lowest BCUT2D eigenvalue weighted by atomic mass is 10.1. The van der Waals surface area contributed by atoms with Crippen LogP contribution in [0.1, 0.15) is 173 Å². The fraction of sp³-hybridized carbons (Fsp3) is 0.317. The molecule has 0 saturated carbocycles. The second kappa shape index (κ2) is 39.1. The van der Waals surface area contributed by atoms with Crippen LogP contribution in [0, 0.1) is 19.8 Å². The first kappa shape index (κ1) is 80.6. The number of nitrogens with one attached hydrogen (secondary N) is 7. The zero-order valence-corrected chi connectivity index (χ0v) is 62.0. The average Bonchev–Trinajstić information content (AvgIpc) is 0.821. The van der Waals surface area contributed by atoms with Crippen molar-refractivity contribution in [3.63, 3.8) is 0 Å². The summed E-state index contributed by atoms with van der Waals surface area (Å²) in [6, 6.07) is 46.8. The number of carbonyl (C=O) groups excluding carboxylic acids is 8. The zero-order chi connectivity index (χ0) is 76.3. The number of ketones is 1. The van der Waals surface area contributed by atoms with E-state index in [9.17, 15) is 38.4 Å². The van der Waals surface area contributed by atoms with Gasteiger partial charge in [0.2, 0.25) is 0 Å². The minimum atomic E-state index is -0.960. The molecule has 105 heavy (non-hydrogen) atoms. The Hall–Kier alpha value is -11.7. The number of benzene rings is 8. The Bertz CT molecular complexity index is 4340. The van der Waals surface area contributed by atoms with Gasteiger partial charge in [-0.3, -0.25) is 28.8 Å². The van der Waals surface area contributed by atoms with Crippen molar-refractivity contribution in [3.8, 4) is 34.5 Å². The van der Waals surface area contributed by atoms with Crippen molar-refractivity contribution in [2.45, 2.75) is 133 Å². The Morgan fingerprint density at radius 3 is 1.42 bits per heavy atom. The molecule has 8 aromatic carbocycles. The fourth-order valence-electron chi connectivity index (χ4n) is 9.71. The highest BCUT2D eigenvalue weighted by Gasteiger charge is 2.25. The summed E-state index contributed by atoms with van der Waals surface area (Å²) in [6.07, 6.45) is 2.02. The fourth-order valence-corrected chi connectivity index (χ4v) is 9.71. The summed E-state index contributed by atoms with van der Waals surface area (Å²) in [5, 5.41) is 14.5. The third-order valence-corrected chi connectivity index (χ3v) is 15.5. The predicted molar refractivity (Wildman–Crippen MR) is 406 cm³/mol. The molecule has 0 aliphatic heterocycles. The third-order valence-electron chi connectivity index (χ3n) is 15.5. The Labute approximate surface area is 613 Å². The van der Waals surface area contributed by atoms with E-state index in [4.69, 9.17) is 37.9 Å². The lowest BCUT2D eigenvalue weighted by Crippen LogP contribution is -2.36. The molecule has 0 bridgehead atoms. The lowest BCUT2D eigenvalue weighted by molar-refractivity contribution is -0.162. The molecule has 1 unspecified atom stereocenters. The van der Waals surface area contributed by atoms with E-state index in [2.05, 4.69) is 44.4 Å². The van der Waals surface area contributed by atoms with Crippen molar-refractivity contribution >= 4 is 75.7 Å². The molecule has 0 saturated heterocycles. The Balaban J connectivity index is 0.000000293. The summed E-state index contributed by atoms with van der Waals surface area (Å²) in [7, 11) is 2.70. The first-order chi connectivity index (χ1) is 50.1. The van der Waals surface area contributed by atoms with Gasteiger partial charge in [-0.25, -0.2) is 15.0 Å². The number of anilines is 5. The number of aryl methyl sites for hydroxylation is 2. The summed E-state index contributed by atoms with van der Waals surface area (Å²) in [4.78, 5) is 103. The van der Waals surface area contributed by atoms with Gasteiger partial charge in [-0.15, -0.1) is 0 Å². The quantitative estimate of drug-likeness (QED) is 0.00870. The van der Waals surface area contributed by atoms with Crippen LogP contribution in [-0.4, -0.2) is 99.0 Å². The van der Waals surface area contributed by atoms with E-state index in [0.29, 0.717) is 94.3 Å². The molecule has 554 valence electrons. The third kappa shape index (κ3) is 25.0. The van der Waals surface area contributed by atoms with Crippen molar-refractivity contribution in [2.75, 3.05) is 60.6 Å². The second-order valence-electron chi connectivity index (χ2n) is 26.3. The van der Waals surface area contributed by atoms with E-state index in [0.717, 1.165) is 35.1 Å². The number of hydrazine groups is 1. The predicted octanol–water partition coefficient (Wildman–Crippen LogP) is 15.3. The maximum Gasteiger partial charge on any atom is 0.376 e. The van der Waals surface area contributed by atoms with Crippen LogP contribution in [0.5, 0.6) is 34.5 Å². The summed E-state index contributed by atoms with van der Waals surface area (Å²) in [6.45, 7) is 23.7. The summed E-state index contributed by atoms with van der Waals surface area (Å²) in [5.74, 6) is -1.85. The van der Waals surface area contributed by atoms with Gasteiger partial charge in [0.1, 0.15) is 53.3 Å². The van der Waals surface area contributed by atoms with Gasteiger partial charge in [-0.05, 0) is 194 Å². The lowest BCUT2D eigenvalue weighted by Gasteiger charge is -2.19. The van der Waals surface area contributed by atoms with Gasteiger partial charge < -0.3 is 69.9 Å². The Morgan fingerprint density at radius 2 is 0.914 bits per heavy atom. The van der Waals surface area contributed by atoms with Crippen LogP contribution in [0.3, 0.4) is 0 Å². The molecule has 0 fully saturated rings. The standard InChI is InChI=1S/C44H47N3O6.C38H48N4O10/c1-6-7-23-45-42(48)34-19-21-37(40(25-34)52-28-33-16-13-30(4)14-17-33)46-44(50)36-20-22-38(41(26-36)53-29(2)3)47-43(49)35-18-15-31(5)39(24-35)51-27-32-11-9-8-10-12-32;1-10-23(4)51-33-18-25(35(45)40-27-15-13-26(36(46)49-9)19-32(27)50-21-22(2)3)11-14-28(33)41-34(44)24-12-16-29(31(17-24)48-8)42-39-20-30(43)37(47)52-38(5,6)7/h8-22,24-26,29H,6-7,23,27-28H2,1-5H3,(H,45,48)(H,46,50)(H,47,49);11-19,22-23,39,42H,10,20-21H2,1-9H3,(H,40,45)(H,41,44). The molecule has 0 radical (unpaired) electrons. The van der Waals surface area contributed by atoms with Crippen molar-refractivity contribution in [2.24, 2.45) is 5.92 Å². The zero-order valence-electron chi connectivity index (χ0n) is 62.0. The number of hydrogen-bond acceptors (Lipinski definition) is 18. The molecule has 0 aliphatic carbocycles. The minimum Gasteiger partial charge on any atom is -0.495 e. The van der Waals surface area contributed by atoms with Crippen LogP contribution in [0.15, 0.2) is 164 Å². The van der Waals surface area contributed by atoms with E-state index in [1.165, 1.54) is 38.5 Å². The monoisotopic (exact) mass is 1430 g/mol. The van der Waals surface area contributed by atoms with Crippen LogP contribution in [0.4, 0.5) is 28.4 Å². The first-order valence-corrected chi connectivity index (χ1v) is 34.7. The van der Waals surface area contributed by atoms with Crippen molar-refractivity contribution < 1.29 is 76.3 Å². The number of carbonyl (C=O) groups is 8. The first-order valence-electron chi connectivity index (χ1n) is 34.7. The highest BCUT2D eigenvalue weighted by molar-refractivity contribution is 6.34. The topological polar surface area (TPSA) is 295 Å². The molecule has 0 aliphatic rings. The highest BCUT2D eigenvalue weighted by Crippen LogP contribution is 2.35. The van der Waals surface area contributed by atoms with Crippen LogP contribution in [0.25, 0.3) is 0 Å². The molecule has 23 heteroatoms. The largest absolute Gasteiger partial charge is 0.495 e. The molecule has 0 aromatic heterocycles. The number of Topliss-reactive ketones (excluding diaryl/α,β-unsaturated/α-hetero) is 1. The summed E-state index contributed by atoms with van der Waals surface area (Å²) in [5.41, 5.74) is 12.5. The number of methoxy groups -OCH3 is 2. The highest BCUT2D eigenvalue weighted by atomic mass is 16.6. The van der Waals surface area contributed by atoms with E-state index in [1.807, 2.05) is 116 Å². The van der Waals surface area contributed by atoms with Crippen LogP contribution in [0.2, 0.25) is 0 Å². The average molecular weight is 1430 g/mol. The van der Waals surface area contributed by atoms with Crippen molar-refractivity contribution in [1.82, 2.24) is 10.7 Å². The normalized spacial score (nSPS) is 11.2.